The molecule has 0 heterocycles. The van der Waals surface area contributed by atoms with Crippen LogP contribution in [0.2, 0.25) is 0 Å². The van der Waals surface area contributed by atoms with E-state index in [-0.39, 0.29) is 12.8 Å². The minimum absolute atomic E-state index is 0.0123. The van der Waals surface area contributed by atoms with Crippen LogP contribution >= 0.6 is 0 Å². The molecule has 5 heteroatoms. The molecule has 64 valence electrons. The Kier molecular flexibility index (Phi) is 4.40. The van der Waals surface area contributed by atoms with E-state index >= 15 is 0 Å². The van der Waals surface area contributed by atoms with E-state index < -0.39 is 24.5 Å². The van der Waals surface area contributed by atoms with E-state index in [2.05, 4.69) is 0 Å². The van der Waals surface area contributed by atoms with Crippen molar-refractivity contribution in [2.75, 3.05) is 6.61 Å². The maximum atomic E-state index is 10.4. The summed E-state index contributed by atoms with van der Waals surface area (Å²) >= 11 is 0. The number of hydrogen-bond donors (Lipinski definition) is 3. The molecule has 0 fully saturated rings. The minimum Gasteiger partial charge on any atom is -0.476 e. The molecule has 1 unspecified atom stereocenters. The van der Waals surface area contributed by atoms with Crippen LogP contribution in [0, 0.1) is 0 Å². The third-order valence-corrected chi connectivity index (χ3v) is 1.15. The Morgan fingerprint density at radius 2 is 1.91 bits per heavy atom. The molecule has 0 spiro atoms. The van der Waals surface area contributed by atoms with Crippen LogP contribution in [0.4, 0.5) is 0 Å². The highest BCUT2D eigenvalue weighted by atomic mass is 16.4. The van der Waals surface area contributed by atoms with Crippen LogP contribution in [0.3, 0.4) is 0 Å². The van der Waals surface area contributed by atoms with Crippen LogP contribution in [0.5, 0.6) is 0 Å². The third-order valence-electron chi connectivity index (χ3n) is 1.15. The van der Waals surface area contributed by atoms with Crippen molar-refractivity contribution in [1.29, 1.82) is 0 Å². The average molecular weight is 162 g/mol. The zero-order valence-corrected chi connectivity index (χ0v) is 5.86. The van der Waals surface area contributed by atoms with Gasteiger partial charge in [0, 0.05) is 6.42 Å². The van der Waals surface area contributed by atoms with Gasteiger partial charge < -0.3 is 15.3 Å². The van der Waals surface area contributed by atoms with E-state index in [4.69, 9.17) is 15.3 Å². The van der Waals surface area contributed by atoms with E-state index in [0.29, 0.717) is 0 Å². The molecule has 0 saturated heterocycles. The smallest absolute Gasteiger partial charge is 0.372 e. The Morgan fingerprint density at radius 1 is 1.36 bits per heavy atom. The standard InChI is InChI=1S/C6H10O5/c7-3-4(8)1-2-5(9)6(10)11/h4,7-8H,1-3H2,(H,10,11). The number of Topliss-reactive ketones (excluding diaryl/α,β-unsaturated/α-hetero) is 1. The van der Waals surface area contributed by atoms with Crippen LogP contribution in [-0.2, 0) is 9.59 Å². The Morgan fingerprint density at radius 3 is 2.27 bits per heavy atom. The topological polar surface area (TPSA) is 94.8 Å². The lowest BCUT2D eigenvalue weighted by Gasteiger charge is -2.02. The minimum atomic E-state index is -1.50. The predicted molar refractivity (Wildman–Crippen MR) is 35.0 cm³/mol. The first-order valence-corrected chi connectivity index (χ1v) is 3.13. The molecule has 0 aromatic carbocycles. The molecule has 0 aliphatic rings. The fourth-order valence-corrected chi connectivity index (χ4v) is 0.496. The van der Waals surface area contributed by atoms with Gasteiger partial charge in [-0.15, -0.1) is 0 Å². The van der Waals surface area contributed by atoms with E-state index in [1.165, 1.54) is 0 Å². The third kappa shape index (κ3) is 4.46. The van der Waals surface area contributed by atoms with Gasteiger partial charge >= 0.3 is 5.97 Å². The normalized spacial score (nSPS) is 12.5. The number of hydrogen-bond acceptors (Lipinski definition) is 4. The lowest BCUT2D eigenvalue weighted by Crippen LogP contribution is -2.18. The van der Waals surface area contributed by atoms with Crippen molar-refractivity contribution >= 4 is 11.8 Å². The highest BCUT2D eigenvalue weighted by Crippen LogP contribution is 1.96. The lowest BCUT2D eigenvalue weighted by molar-refractivity contribution is -0.149. The van der Waals surface area contributed by atoms with E-state index in [1.54, 1.807) is 0 Å². The van der Waals surface area contributed by atoms with Crippen molar-refractivity contribution in [1.82, 2.24) is 0 Å². The molecular weight excluding hydrogens is 152 g/mol. The van der Waals surface area contributed by atoms with Gasteiger partial charge in [0.05, 0.1) is 12.7 Å². The molecule has 0 radical (unpaired) electrons. The fourth-order valence-electron chi connectivity index (χ4n) is 0.496. The molecule has 1 atom stereocenters. The molecule has 0 saturated carbocycles. The van der Waals surface area contributed by atoms with Gasteiger partial charge in [-0.05, 0) is 6.42 Å². The fraction of sp³-hybridized carbons (Fsp3) is 0.667. The maximum Gasteiger partial charge on any atom is 0.372 e. The summed E-state index contributed by atoms with van der Waals surface area (Å²) in [7, 11) is 0. The summed E-state index contributed by atoms with van der Waals surface area (Å²) < 4.78 is 0. The van der Waals surface area contributed by atoms with Gasteiger partial charge in [0.2, 0.25) is 5.78 Å². The largest absolute Gasteiger partial charge is 0.476 e. The number of ketones is 1. The lowest BCUT2D eigenvalue weighted by atomic mass is 10.1. The zero-order chi connectivity index (χ0) is 8.85. The number of carboxylic acid groups (broad SMARTS) is 1. The quantitative estimate of drug-likeness (QED) is 0.440. The van der Waals surface area contributed by atoms with Crippen molar-refractivity contribution in [2.24, 2.45) is 0 Å². The number of carboxylic acids is 1. The Bertz CT molecular complexity index is 153. The predicted octanol–water partition coefficient (Wildman–Crippen LogP) is -1.23. The summed E-state index contributed by atoms with van der Waals surface area (Å²) in [4.78, 5) is 20.3. The van der Waals surface area contributed by atoms with Crippen LogP contribution < -0.4 is 0 Å². The molecule has 0 aliphatic heterocycles. The van der Waals surface area contributed by atoms with E-state index in [1.807, 2.05) is 0 Å². The monoisotopic (exact) mass is 162 g/mol. The number of carbonyl (C=O) groups is 2. The second-order valence-corrected chi connectivity index (χ2v) is 2.10. The summed E-state index contributed by atoms with van der Waals surface area (Å²) in [5, 5.41) is 25.0. The highest BCUT2D eigenvalue weighted by Gasteiger charge is 2.12. The van der Waals surface area contributed by atoms with Gasteiger partial charge in [-0.3, -0.25) is 4.79 Å². The number of carbonyl (C=O) groups excluding carboxylic acids is 1. The summed E-state index contributed by atoms with van der Waals surface area (Å²) in [6, 6.07) is 0. The van der Waals surface area contributed by atoms with Crippen LogP contribution in [0.15, 0.2) is 0 Å². The van der Waals surface area contributed by atoms with Gasteiger partial charge in [-0.1, -0.05) is 0 Å². The van der Waals surface area contributed by atoms with E-state index in [9.17, 15) is 9.59 Å². The highest BCUT2D eigenvalue weighted by molar-refractivity contribution is 6.32. The van der Waals surface area contributed by atoms with Crippen molar-refractivity contribution in [3.63, 3.8) is 0 Å². The van der Waals surface area contributed by atoms with Crippen molar-refractivity contribution < 1.29 is 24.9 Å². The van der Waals surface area contributed by atoms with Gasteiger partial charge in [-0.2, -0.15) is 0 Å². The molecule has 0 rings (SSSR count). The number of aliphatic hydroxyl groups is 2. The van der Waals surface area contributed by atoms with Gasteiger partial charge in [-0.25, -0.2) is 4.79 Å². The summed E-state index contributed by atoms with van der Waals surface area (Å²) in [5.74, 6) is -2.45. The first kappa shape index (κ1) is 10.1. The van der Waals surface area contributed by atoms with Gasteiger partial charge in [0.25, 0.3) is 0 Å². The Labute approximate surface area is 63.3 Å². The van der Waals surface area contributed by atoms with Gasteiger partial charge in [0.1, 0.15) is 0 Å². The molecule has 5 nitrogen and oxygen atoms in total. The number of rotatable bonds is 5. The van der Waals surface area contributed by atoms with E-state index in [0.717, 1.165) is 0 Å². The van der Waals surface area contributed by atoms with Gasteiger partial charge in [0.15, 0.2) is 0 Å². The maximum absolute atomic E-state index is 10.4. The molecule has 0 bridgehead atoms. The summed E-state index contributed by atoms with van der Waals surface area (Å²) in [6.07, 6.45) is -1.25. The number of aliphatic hydroxyl groups excluding tert-OH is 2. The molecule has 0 aromatic rings. The summed E-state index contributed by atoms with van der Waals surface area (Å²) in [5.41, 5.74) is 0. The molecule has 3 N–H and O–H groups in total. The molecule has 0 aliphatic carbocycles. The van der Waals surface area contributed by atoms with Crippen molar-refractivity contribution in [3.8, 4) is 0 Å². The van der Waals surface area contributed by atoms with Crippen molar-refractivity contribution in [3.05, 3.63) is 0 Å². The van der Waals surface area contributed by atoms with Crippen molar-refractivity contribution in [2.45, 2.75) is 18.9 Å². The molecular formula is C6H10O5. The summed E-state index contributed by atoms with van der Waals surface area (Å²) in [6.45, 7) is -0.451. The van der Waals surface area contributed by atoms with Crippen LogP contribution in [0.25, 0.3) is 0 Å². The molecule has 11 heavy (non-hydrogen) atoms. The first-order chi connectivity index (χ1) is 5.07. The molecule has 0 aromatic heterocycles. The zero-order valence-electron chi connectivity index (χ0n) is 5.86. The Hall–Kier alpha value is -0.940. The Balaban J connectivity index is 3.54. The van der Waals surface area contributed by atoms with Crippen LogP contribution in [-0.4, -0.2) is 39.8 Å². The molecule has 0 amide bonds. The SMILES string of the molecule is O=C(O)C(=O)CCC(O)CO. The average Bonchev–Trinajstić information content (AvgIpc) is 1.99. The second-order valence-electron chi connectivity index (χ2n) is 2.10. The number of aliphatic carboxylic acids is 1. The first-order valence-electron chi connectivity index (χ1n) is 3.13. The second kappa shape index (κ2) is 4.81. The van der Waals surface area contributed by atoms with Crippen LogP contribution in [0.1, 0.15) is 12.8 Å².